The van der Waals surface area contributed by atoms with E-state index in [1.807, 2.05) is 0 Å². The Bertz CT molecular complexity index is 968. The number of rotatable bonds is 5. The van der Waals surface area contributed by atoms with Crippen LogP contribution in [0, 0.1) is 5.41 Å². The third-order valence-electron chi connectivity index (χ3n) is 4.42. The van der Waals surface area contributed by atoms with E-state index in [9.17, 15) is 18.3 Å². The molecule has 0 unspecified atom stereocenters. The predicted molar refractivity (Wildman–Crippen MR) is 104 cm³/mol. The summed E-state index contributed by atoms with van der Waals surface area (Å²) < 4.78 is 33.4. The molecule has 1 aromatic heterocycles. The quantitative estimate of drug-likeness (QED) is 0.784. The van der Waals surface area contributed by atoms with Gasteiger partial charge in [0.25, 0.3) is 0 Å². The summed E-state index contributed by atoms with van der Waals surface area (Å²) in [7, 11) is -3.71. The first-order chi connectivity index (χ1) is 12.6. The number of ether oxygens (including phenoxy) is 1. The van der Waals surface area contributed by atoms with Gasteiger partial charge in [0.1, 0.15) is 17.3 Å². The van der Waals surface area contributed by atoms with E-state index in [1.165, 1.54) is 21.7 Å². The molecule has 0 bridgehead atoms. The van der Waals surface area contributed by atoms with Crippen molar-refractivity contribution in [1.29, 1.82) is 0 Å². The maximum Gasteiger partial charge on any atom is 0.309 e. The van der Waals surface area contributed by atoms with E-state index in [2.05, 4.69) is 0 Å². The fraction of sp³-hybridized carbons (Fsp3) is 0.389. The molecule has 0 amide bonds. The van der Waals surface area contributed by atoms with Crippen molar-refractivity contribution < 1.29 is 23.1 Å². The molecule has 27 heavy (non-hydrogen) atoms. The van der Waals surface area contributed by atoms with Crippen LogP contribution in [0.1, 0.15) is 24.3 Å². The van der Waals surface area contributed by atoms with E-state index in [-0.39, 0.29) is 24.6 Å². The number of thiophene rings is 1. The minimum Gasteiger partial charge on any atom is -0.491 e. The van der Waals surface area contributed by atoms with Crippen LogP contribution in [0.3, 0.4) is 0 Å². The maximum atomic E-state index is 13.0. The average Bonchev–Trinajstić information content (AvgIpc) is 2.86. The van der Waals surface area contributed by atoms with Gasteiger partial charge in [-0.05, 0) is 44.0 Å². The molecule has 146 valence electrons. The summed E-state index contributed by atoms with van der Waals surface area (Å²) in [6.45, 7) is 3.87. The average molecular weight is 430 g/mol. The monoisotopic (exact) mass is 429 g/mol. The van der Waals surface area contributed by atoms with Crippen molar-refractivity contribution in [2.75, 3.05) is 13.2 Å². The van der Waals surface area contributed by atoms with Gasteiger partial charge < -0.3 is 9.84 Å². The van der Waals surface area contributed by atoms with Crippen LogP contribution >= 0.6 is 22.9 Å². The van der Waals surface area contributed by atoms with Gasteiger partial charge >= 0.3 is 5.97 Å². The highest BCUT2D eigenvalue weighted by Crippen LogP contribution is 2.35. The summed E-state index contributed by atoms with van der Waals surface area (Å²) in [5.41, 5.74) is -0.256. The van der Waals surface area contributed by atoms with E-state index < -0.39 is 21.4 Å². The Balaban J connectivity index is 1.86. The van der Waals surface area contributed by atoms with Crippen molar-refractivity contribution in [1.82, 2.24) is 4.31 Å². The molecular weight excluding hydrogens is 410 g/mol. The number of aliphatic carboxylic acids is 1. The Hall–Kier alpha value is -1.61. The van der Waals surface area contributed by atoms with Crippen molar-refractivity contribution in [3.63, 3.8) is 0 Å². The molecule has 1 aliphatic heterocycles. The van der Waals surface area contributed by atoms with Gasteiger partial charge in [-0.15, -0.1) is 11.3 Å². The van der Waals surface area contributed by atoms with Gasteiger partial charge in [0.05, 0.1) is 9.75 Å². The highest BCUT2D eigenvalue weighted by molar-refractivity contribution is 7.89. The van der Waals surface area contributed by atoms with E-state index in [1.54, 1.807) is 38.1 Å². The van der Waals surface area contributed by atoms with Crippen molar-refractivity contribution in [3.05, 3.63) is 45.1 Å². The number of carbonyl (C=O) groups is 1. The molecule has 0 atom stereocenters. The molecule has 3 rings (SSSR count). The van der Waals surface area contributed by atoms with Crippen LogP contribution in [-0.4, -0.2) is 37.0 Å². The van der Waals surface area contributed by atoms with Crippen LogP contribution in [0.15, 0.2) is 35.2 Å². The second-order valence-electron chi connectivity index (χ2n) is 7.01. The minimum atomic E-state index is -3.71. The van der Waals surface area contributed by atoms with Crippen LogP contribution in [-0.2, 0) is 27.8 Å². The van der Waals surface area contributed by atoms with Gasteiger partial charge in [-0.25, -0.2) is 8.42 Å². The molecule has 2 aromatic rings. The van der Waals surface area contributed by atoms with Crippen LogP contribution in [0.5, 0.6) is 5.75 Å². The number of halogens is 1. The highest BCUT2D eigenvalue weighted by Gasteiger charge is 2.32. The van der Waals surface area contributed by atoms with Gasteiger partial charge in [0.2, 0.25) is 10.0 Å². The lowest BCUT2D eigenvalue weighted by molar-refractivity contribution is -0.146. The Morgan fingerprint density at radius 2 is 2.07 bits per heavy atom. The van der Waals surface area contributed by atoms with E-state index >= 15 is 0 Å². The molecule has 1 aliphatic rings. The molecule has 1 aromatic carbocycles. The molecular formula is C18H20ClNO5S2. The number of sulfonamides is 1. The van der Waals surface area contributed by atoms with Gasteiger partial charge in [-0.1, -0.05) is 23.7 Å². The Morgan fingerprint density at radius 3 is 2.78 bits per heavy atom. The SMILES string of the molecule is CC(C)(Cc1cc(CN2CCOc3ccccc3S2(=O)=O)c(Cl)s1)C(=O)O. The fourth-order valence-electron chi connectivity index (χ4n) is 2.82. The largest absolute Gasteiger partial charge is 0.491 e. The van der Waals surface area contributed by atoms with Crippen LogP contribution in [0.2, 0.25) is 4.34 Å². The first-order valence-electron chi connectivity index (χ1n) is 8.34. The summed E-state index contributed by atoms with van der Waals surface area (Å²) in [6.07, 6.45) is 0.325. The summed E-state index contributed by atoms with van der Waals surface area (Å²) >= 11 is 7.61. The summed E-state index contributed by atoms with van der Waals surface area (Å²) in [4.78, 5) is 12.3. The van der Waals surface area contributed by atoms with Crippen molar-refractivity contribution in [2.24, 2.45) is 5.41 Å². The summed E-state index contributed by atoms with van der Waals surface area (Å²) in [6, 6.07) is 8.35. The van der Waals surface area contributed by atoms with Gasteiger partial charge in [0.15, 0.2) is 0 Å². The van der Waals surface area contributed by atoms with Crippen LogP contribution in [0.4, 0.5) is 0 Å². The molecule has 9 heteroatoms. The molecule has 0 saturated heterocycles. The van der Waals surface area contributed by atoms with Crippen molar-refractivity contribution in [3.8, 4) is 5.75 Å². The predicted octanol–water partition coefficient (Wildman–Crippen LogP) is 3.64. The standard InChI is InChI=1S/C18H20ClNO5S2/c1-18(2,17(21)22)10-13-9-12(16(19)26-13)11-20-7-8-25-14-5-3-4-6-15(14)27(20,23)24/h3-6,9H,7-8,10-11H2,1-2H3,(H,21,22). The molecule has 0 radical (unpaired) electrons. The van der Waals surface area contributed by atoms with Crippen LogP contribution in [0.25, 0.3) is 0 Å². The van der Waals surface area contributed by atoms with Gasteiger partial charge in [-0.2, -0.15) is 4.31 Å². The molecule has 6 nitrogen and oxygen atoms in total. The smallest absolute Gasteiger partial charge is 0.309 e. The normalized spacial score (nSPS) is 17.0. The highest BCUT2D eigenvalue weighted by atomic mass is 35.5. The Labute approximate surface area is 167 Å². The maximum absolute atomic E-state index is 13.0. The molecule has 0 fully saturated rings. The lowest BCUT2D eigenvalue weighted by atomic mass is 9.89. The summed E-state index contributed by atoms with van der Waals surface area (Å²) in [5, 5.41) is 9.30. The second-order valence-corrected chi connectivity index (χ2v) is 10.7. The van der Waals surface area contributed by atoms with E-state index in [0.29, 0.717) is 22.1 Å². The zero-order valence-electron chi connectivity index (χ0n) is 14.9. The molecule has 0 saturated carbocycles. The summed E-state index contributed by atoms with van der Waals surface area (Å²) in [5.74, 6) is -0.544. The number of benzene rings is 1. The van der Waals surface area contributed by atoms with Gasteiger partial charge in [-0.3, -0.25) is 4.79 Å². The molecule has 1 N–H and O–H groups in total. The molecule has 2 heterocycles. The minimum absolute atomic E-state index is 0.114. The number of nitrogens with zero attached hydrogens (tertiary/aromatic N) is 1. The van der Waals surface area contributed by atoms with E-state index in [0.717, 1.165) is 4.88 Å². The lowest BCUT2D eigenvalue weighted by Gasteiger charge is -2.19. The topological polar surface area (TPSA) is 83.9 Å². The third-order valence-corrected chi connectivity index (χ3v) is 7.74. The fourth-order valence-corrected chi connectivity index (χ4v) is 5.88. The van der Waals surface area contributed by atoms with Crippen LogP contribution < -0.4 is 4.74 Å². The second kappa shape index (κ2) is 7.43. The number of para-hydroxylation sites is 1. The van der Waals surface area contributed by atoms with Gasteiger partial charge in [0, 0.05) is 18.0 Å². The first-order valence-corrected chi connectivity index (χ1v) is 11.0. The zero-order valence-corrected chi connectivity index (χ0v) is 17.3. The Kier molecular flexibility index (Phi) is 5.54. The lowest BCUT2D eigenvalue weighted by Crippen LogP contribution is -2.32. The number of fused-ring (bicyclic) bond motifs is 1. The van der Waals surface area contributed by atoms with Crippen molar-refractivity contribution in [2.45, 2.75) is 31.7 Å². The molecule has 0 spiro atoms. The number of hydrogen-bond acceptors (Lipinski definition) is 5. The van der Waals surface area contributed by atoms with Crippen molar-refractivity contribution >= 4 is 38.9 Å². The number of carboxylic acid groups (broad SMARTS) is 1. The van der Waals surface area contributed by atoms with E-state index in [4.69, 9.17) is 16.3 Å². The zero-order chi connectivity index (χ0) is 19.8. The molecule has 0 aliphatic carbocycles. The number of carboxylic acids is 1. The Morgan fingerprint density at radius 1 is 1.37 bits per heavy atom. The number of hydrogen-bond donors (Lipinski definition) is 1. The first kappa shape index (κ1) is 20.1. The third kappa shape index (κ3) is 4.13.